The first kappa shape index (κ1) is 27.7. The molecule has 0 saturated carbocycles. The number of alkyl halides is 18. The van der Waals surface area contributed by atoms with E-state index in [1.54, 1.807) is 0 Å². The first-order valence-electron chi connectivity index (χ1n) is 6.14. The fourth-order valence-corrected chi connectivity index (χ4v) is 1.69. The summed E-state index contributed by atoms with van der Waals surface area (Å²) in [7, 11) is 0. The van der Waals surface area contributed by atoms with Crippen LogP contribution in [0.15, 0.2) is 0 Å². The van der Waals surface area contributed by atoms with Gasteiger partial charge >= 0.3 is 49.6 Å². The molecule has 0 radical (unpaired) electrons. The Kier molecular flexibility index (Phi) is 7.37. The predicted molar refractivity (Wildman–Crippen MR) is 52.2 cm³/mol. The van der Waals surface area contributed by atoms with Crippen LogP contribution in [-0.2, 0) is 0 Å². The molecule has 0 bridgehead atoms. The molecule has 0 aliphatic rings. The van der Waals surface area contributed by atoms with E-state index in [-0.39, 0.29) is 0 Å². The van der Waals surface area contributed by atoms with Gasteiger partial charge < -0.3 is 0 Å². The van der Waals surface area contributed by atoms with E-state index in [1.165, 1.54) is 0 Å². The van der Waals surface area contributed by atoms with Gasteiger partial charge in [0, 0.05) is 0 Å². The zero-order chi connectivity index (χ0) is 24.0. The summed E-state index contributed by atoms with van der Waals surface area (Å²) in [5.74, 6) is 0. The van der Waals surface area contributed by atoms with Gasteiger partial charge in [-0.2, -0.15) is 70.2 Å². The summed E-state index contributed by atoms with van der Waals surface area (Å²) in [4.78, 5) is -8.05. The molecule has 0 atom stereocenters. The summed E-state index contributed by atoms with van der Waals surface area (Å²) in [6.07, 6.45) is -23.9. The van der Waals surface area contributed by atoms with Crippen LogP contribution in [0.25, 0.3) is 0 Å². The SMILES string of the molecule is FC(F)N(C(F)(F)CC(F)(F)F)C(F)(F)C(F)(F)N(C(F)(F)F)C(F)(F)C(F)F. The Morgan fingerprint density at radius 3 is 1.21 bits per heavy atom. The standard InChI is InChI=1S/C9H4F18N2/c10-2(11)6(19,20)29(9(25,26)27)8(23,24)7(21,22)28(3(12)13)5(17,18)1-4(14,15)16/h2-3H,1H2. The van der Waals surface area contributed by atoms with Crippen molar-refractivity contribution >= 4 is 0 Å². The van der Waals surface area contributed by atoms with Crippen molar-refractivity contribution in [1.29, 1.82) is 0 Å². The minimum absolute atomic E-state index is 3.74. The molecule has 0 amide bonds. The topological polar surface area (TPSA) is 6.48 Å². The molecular formula is C9H4F18N2. The third-order valence-corrected chi connectivity index (χ3v) is 2.72. The maximum Gasteiger partial charge on any atom is 0.469 e. The largest absolute Gasteiger partial charge is 0.469 e. The first-order chi connectivity index (χ1) is 12.3. The lowest BCUT2D eigenvalue weighted by atomic mass is 10.2. The van der Waals surface area contributed by atoms with Crippen molar-refractivity contribution in [2.75, 3.05) is 0 Å². The van der Waals surface area contributed by atoms with Gasteiger partial charge in [0.1, 0.15) is 6.42 Å². The van der Waals surface area contributed by atoms with Gasteiger partial charge in [0.25, 0.3) is 0 Å². The maximum absolute atomic E-state index is 13.5. The van der Waals surface area contributed by atoms with Crippen LogP contribution in [0.3, 0.4) is 0 Å². The second-order valence-electron chi connectivity index (χ2n) is 4.88. The molecular weight excluding hydrogens is 478 g/mol. The molecule has 0 aromatic carbocycles. The van der Waals surface area contributed by atoms with E-state index in [1.807, 2.05) is 0 Å². The van der Waals surface area contributed by atoms with Crippen LogP contribution in [-0.4, -0.2) is 59.4 Å². The first-order valence-corrected chi connectivity index (χ1v) is 6.14. The van der Waals surface area contributed by atoms with Gasteiger partial charge in [-0.3, -0.25) is 0 Å². The number of hydrogen-bond acceptors (Lipinski definition) is 2. The highest BCUT2D eigenvalue weighted by molar-refractivity contribution is 4.94. The van der Waals surface area contributed by atoms with Crippen LogP contribution in [0.5, 0.6) is 0 Å². The Morgan fingerprint density at radius 1 is 0.586 bits per heavy atom. The van der Waals surface area contributed by atoms with Crippen LogP contribution in [0.1, 0.15) is 6.42 Å². The number of hydrogen-bond donors (Lipinski definition) is 0. The van der Waals surface area contributed by atoms with Gasteiger partial charge in [-0.15, -0.1) is 4.90 Å². The Hall–Kier alpha value is -1.34. The molecule has 29 heavy (non-hydrogen) atoms. The highest BCUT2D eigenvalue weighted by atomic mass is 19.4. The van der Waals surface area contributed by atoms with Crippen molar-refractivity contribution < 1.29 is 79.0 Å². The molecule has 0 aliphatic carbocycles. The van der Waals surface area contributed by atoms with Crippen molar-refractivity contribution in [2.24, 2.45) is 0 Å². The number of nitrogens with zero attached hydrogens (tertiary/aromatic N) is 2. The average molecular weight is 482 g/mol. The van der Waals surface area contributed by atoms with E-state index in [9.17, 15) is 79.0 Å². The third kappa shape index (κ3) is 5.63. The van der Waals surface area contributed by atoms with Crippen molar-refractivity contribution in [2.45, 2.75) is 56.1 Å². The molecule has 0 N–H and O–H groups in total. The van der Waals surface area contributed by atoms with E-state index < -0.39 is 65.9 Å². The molecule has 0 saturated heterocycles. The third-order valence-electron chi connectivity index (χ3n) is 2.72. The summed E-state index contributed by atoms with van der Waals surface area (Å²) < 4.78 is 228. The van der Waals surface area contributed by atoms with Crippen LogP contribution >= 0.6 is 0 Å². The summed E-state index contributed by atoms with van der Waals surface area (Å²) in [6, 6.07) is -30.1. The Labute approximate surface area is 146 Å². The van der Waals surface area contributed by atoms with Gasteiger partial charge in [0.05, 0.1) is 0 Å². The summed E-state index contributed by atoms with van der Waals surface area (Å²) >= 11 is 0. The molecule has 176 valence electrons. The average Bonchev–Trinajstić information content (AvgIpc) is 2.29. The maximum atomic E-state index is 13.5. The van der Waals surface area contributed by atoms with E-state index in [4.69, 9.17) is 0 Å². The molecule has 0 aromatic rings. The zero-order valence-corrected chi connectivity index (χ0v) is 12.6. The van der Waals surface area contributed by atoms with Gasteiger partial charge in [-0.1, -0.05) is 4.90 Å². The van der Waals surface area contributed by atoms with Crippen LogP contribution in [0, 0.1) is 0 Å². The van der Waals surface area contributed by atoms with Gasteiger partial charge in [0.2, 0.25) is 0 Å². The quantitative estimate of drug-likeness (QED) is 0.313. The molecule has 0 rings (SSSR count). The minimum Gasteiger partial charge on any atom is -0.202 e. The highest BCUT2D eigenvalue weighted by Gasteiger charge is 2.80. The lowest BCUT2D eigenvalue weighted by Gasteiger charge is -2.44. The Balaban J connectivity index is 6.70. The monoisotopic (exact) mass is 482 g/mol. The summed E-state index contributed by atoms with van der Waals surface area (Å²) in [5.41, 5.74) is 0. The van der Waals surface area contributed by atoms with E-state index in [0.717, 1.165) is 0 Å². The summed E-state index contributed by atoms with van der Waals surface area (Å²) in [6.45, 7) is -5.82. The molecule has 0 aliphatic heterocycles. The minimum atomic E-state index is -8.06. The van der Waals surface area contributed by atoms with Crippen molar-refractivity contribution in [3.05, 3.63) is 0 Å². The van der Waals surface area contributed by atoms with Crippen molar-refractivity contribution in [3.8, 4) is 0 Å². The molecule has 2 nitrogen and oxygen atoms in total. The Bertz CT molecular complexity index is 547. The predicted octanol–water partition coefficient (Wildman–Crippen LogP) is 5.92. The molecule has 0 spiro atoms. The van der Waals surface area contributed by atoms with Crippen LogP contribution < -0.4 is 0 Å². The second-order valence-corrected chi connectivity index (χ2v) is 4.88. The van der Waals surface area contributed by atoms with Crippen molar-refractivity contribution in [3.63, 3.8) is 0 Å². The van der Waals surface area contributed by atoms with E-state index >= 15 is 0 Å². The van der Waals surface area contributed by atoms with Crippen LogP contribution in [0.2, 0.25) is 0 Å². The van der Waals surface area contributed by atoms with Gasteiger partial charge in [-0.25, -0.2) is 8.78 Å². The van der Waals surface area contributed by atoms with Gasteiger partial charge in [0.15, 0.2) is 0 Å². The molecule has 0 unspecified atom stereocenters. The second kappa shape index (κ2) is 7.73. The fourth-order valence-electron chi connectivity index (χ4n) is 1.69. The molecule has 0 fully saturated rings. The van der Waals surface area contributed by atoms with Crippen molar-refractivity contribution in [1.82, 2.24) is 9.80 Å². The number of rotatable bonds is 8. The normalized spacial score (nSPS) is 15.9. The molecule has 0 heterocycles. The highest BCUT2D eigenvalue weighted by Crippen LogP contribution is 2.53. The molecule has 20 heteroatoms. The molecule has 0 aromatic heterocycles. The summed E-state index contributed by atoms with van der Waals surface area (Å²) in [5, 5.41) is 0. The van der Waals surface area contributed by atoms with Crippen LogP contribution in [0.4, 0.5) is 79.0 Å². The Morgan fingerprint density at radius 2 is 0.966 bits per heavy atom. The smallest absolute Gasteiger partial charge is 0.202 e. The van der Waals surface area contributed by atoms with E-state index in [2.05, 4.69) is 0 Å². The number of halogens is 18. The van der Waals surface area contributed by atoms with Gasteiger partial charge in [-0.05, 0) is 0 Å². The van der Waals surface area contributed by atoms with E-state index in [0.29, 0.717) is 0 Å². The lowest BCUT2D eigenvalue weighted by molar-refractivity contribution is -0.493. The lowest BCUT2D eigenvalue weighted by Crippen LogP contribution is -2.73. The fraction of sp³-hybridized carbons (Fsp3) is 1.00. The zero-order valence-electron chi connectivity index (χ0n) is 12.6.